The largest absolute Gasteiger partial charge is 0.485 e. The van der Waals surface area contributed by atoms with Crippen LogP contribution in [0, 0.1) is 0 Å². The predicted molar refractivity (Wildman–Crippen MR) is 74.8 cm³/mol. The molecule has 0 fully saturated rings. The van der Waals surface area contributed by atoms with Gasteiger partial charge in [-0.1, -0.05) is 46.4 Å². The average Bonchev–Trinajstić information content (AvgIpc) is 2.26. The molecule has 18 heavy (non-hydrogen) atoms. The van der Waals surface area contributed by atoms with Crippen molar-refractivity contribution in [2.45, 2.75) is 4.90 Å². The maximum Gasteiger partial charge on any atom is 0.261 e. The molecule has 1 rings (SSSR count). The highest BCUT2D eigenvalue weighted by Gasteiger charge is 2.17. The summed E-state index contributed by atoms with van der Waals surface area (Å²) in [6.45, 7) is -0.0442. The maximum atomic E-state index is 11.1. The summed E-state index contributed by atoms with van der Waals surface area (Å²) in [5.41, 5.74) is 1.13. The summed E-state index contributed by atoms with van der Waals surface area (Å²) in [5.74, 6) is 0.0964. The van der Waals surface area contributed by atoms with Crippen molar-refractivity contribution in [1.29, 1.82) is 0 Å². The van der Waals surface area contributed by atoms with Crippen LogP contribution in [0.5, 0.6) is 5.75 Å². The van der Waals surface area contributed by atoms with E-state index < -0.39 is 9.05 Å². The van der Waals surface area contributed by atoms with Gasteiger partial charge in [0.25, 0.3) is 9.05 Å². The third kappa shape index (κ3) is 4.37. The van der Waals surface area contributed by atoms with E-state index in [1.807, 2.05) is 0 Å². The molecule has 0 saturated heterocycles. The average molecular weight is 370 g/mol. The van der Waals surface area contributed by atoms with Gasteiger partial charge in [-0.2, -0.15) is 0 Å². The first-order chi connectivity index (χ1) is 8.25. The molecule has 0 saturated carbocycles. The lowest BCUT2D eigenvalue weighted by Crippen LogP contribution is -1.99. The molecule has 0 unspecified atom stereocenters. The van der Waals surface area contributed by atoms with Gasteiger partial charge in [-0.25, -0.2) is 8.42 Å². The molecule has 1 aromatic rings. The molecule has 0 aliphatic rings. The molecule has 0 spiro atoms. The number of halogens is 5. The smallest absolute Gasteiger partial charge is 0.261 e. The summed E-state index contributed by atoms with van der Waals surface area (Å²) < 4.78 is 27.4. The molecule has 0 radical (unpaired) electrons. The lowest BCUT2D eigenvalue weighted by Gasteiger charge is -2.10. The van der Waals surface area contributed by atoms with E-state index in [4.69, 9.17) is 61.8 Å². The Hall–Kier alpha value is 0.160. The van der Waals surface area contributed by atoms with E-state index in [2.05, 4.69) is 0 Å². The first kappa shape index (κ1) is 16.2. The lowest BCUT2D eigenvalue weighted by molar-refractivity contribution is 0.359. The van der Waals surface area contributed by atoms with Gasteiger partial charge in [0.2, 0.25) is 0 Å². The summed E-state index contributed by atoms with van der Waals surface area (Å²) in [5, 5.41) is 0.236. The van der Waals surface area contributed by atoms with Gasteiger partial charge in [-0.3, -0.25) is 0 Å². The van der Waals surface area contributed by atoms with Crippen molar-refractivity contribution in [2.75, 3.05) is 6.61 Å². The molecule has 0 aliphatic carbocycles. The van der Waals surface area contributed by atoms with Crippen molar-refractivity contribution in [3.8, 4) is 5.75 Å². The van der Waals surface area contributed by atoms with Crippen molar-refractivity contribution in [1.82, 2.24) is 0 Å². The molecular formula is C9H5Cl5O3S. The third-order valence-electron chi connectivity index (χ3n) is 1.73. The zero-order valence-corrected chi connectivity index (χ0v) is 13.1. The summed E-state index contributed by atoms with van der Waals surface area (Å²) in [4.78, 5) is -0.217. The van der Waals surface area contributed by atoms with E-state index in [9.17, 15) is 8.42 Å². The molecule has 0 aliphatic heterocycles. The number of hydrogen-bond acceptors (Lipinski definition) is 3. The number of ether oxygens (including phenoxy) is 1. The van der Waals surface area contributed by atoms with Crippen molar-refractivity contribution in [3.05, 3.63) is 32.7 Å². The first-order valence-corrected chi connectivity index (χ1v) is 8.15. The molecule has 9 heteroatoms. The predicted octanol–water partition coefficient (Wildman–Crippen LogP) is 4.62. The minimum Gasteiger partial charge on any atom is -0.485 e. The summed E-state index contributed by atoms with van der Waals surface area (Å²) in [7, 11) is 1.26. The Morgan fingerprint density at radius 3 is 2.17 bits per heavy atom. The number of rotatable bonds is 4. The van der Waals surface area contributed by atoms with Gasteiger partial charge in [0.15, 0.2) is 5.75 Å². The Bertz CT molecular complexity index is 559. The molecule has 0 amide bonds. The van der Waals surface area contributed by atoms with Crippen LogP contribution in [-0.4, -0.2) is 15.0 Å². The fraction of sp³-hybridized carbons (Fsp3) is 0.111. The number of hydrogen-bond donors (Lipinski definition) is 0. The summed E-state index contributed by atoms with van der Waals surface area (Å²) >= 11 is 22.6. The molecule has 0 N–H and O–H groups in total. The SMILES string of the molecule is O=S(=O)(Cl)c1cc(Cl)c(OC/C(Cl)=C\Cl)c(Cl)c1. The highest BCUT2D eigenvalue weighted by Crippen LogP contribution is 2.36. The van der Waals surface area contributed by atoms with Crippen molar-refractivity contribution >= 4 is 66.1 Å². The van der Waals surface area contributed by atoms with Gasteiger partial charge in [-0.15, -0.1) is 0 Å². The van der Waals surface area contributed by atoms with Crippen LogP contribution in [0.3, 0.4) is 0 Å². The minimum absolute atomic E-state index is 0.000708. The lowest BCUT2D eigenvalue weighted by atomic mass is 10.3. The monoisotopic (exact) mass is 368 g/mol. The van der Waals surface area contributed by atoms with E-state index in [-0.39, 0.29) is 32.3 Å². The molecule has 3 nitrogen and oxygen atoms in total. The van der Waals surface area contributed by atoms with Crippen molar-refractivity contribution < 1.29 is 13.2 Å². The molecule has 0 bridgehead atoms. The second-order valence-electron chi connectivity index (χ2n) is 3.00. The van der Waals surface area contributed by atoms with Crippen LogP contribution in [0.4, 0.5) is 0 Å². The topological polar surface area (TPSA) is 43.4 Å². The van der Waals surface area contributed by atoms with Crippen LogP contribution in [0.15, 0.2) is 27.6 Å². The molecule has 0 atom stereocenters. The van der Waals surface area contributed by atoms with E-state index in [0.29, 0.717) is 0 Å². The number of benzene rings is 1. The van der Waals surface area contributed by atoms with Crippen molar-refractivity contribution in [3.63, 3.8) is 0 Å². The first-order valence-electron chi connectivity index (χ1n) is 4.27. The summed E-state index contributed by atoms with van der Waals surface area (Å²) in [6, 6.07) is 2.26. The van der Waals surface area contributed by atoms with E-state index in [0.717, 1.165) is 17.7 Å². The van der Waals surface area contributed by atoms with E-state index >= 15 is 0 Å². The van der Waals surface area contributed by atoms with Gasteiger partial charge in [-0.05, 0) is 12.1 Å². The Morgan fingerprint density at radius 1 is 1.28 bits per heavy atom. The fourth-order valence-electron chi connectivity index (χ4n) is 0.988. The summed E-state index contributed by atoms with van der Waals surface area (Å²) in [6.07, 6.45) is 0. The zero-order valence-electron chi connectivity index (χ0n) is 8.46. The molecule has 0 aromatic heterocycles. The van der Waals surface area contributed by atoms with Crippen LogP contribution >= 0.6 is 57.1 Å². The second-order valence-corrected chi connectivity index (χ2v) is 7.08. The van der Waals surface area contributed by atoms with Gasteiger partial charge < -0.3 is 4.74 Å². The quantitative estimate of drug-likeness (QED) is 0.727. The van der Waals surface area contributed by atoms with Gasteiger partial charge in [0, 0.05) is 16.2 Å². The van der Waals surface area contributed by atoms with E-state index in [1.54, 1.807) is 0 Å². The van der Waals surface area contributed by atoms with E-state index in [1.165, 1.54) is 0 Å². The highest BCUT2D eigenvalue weighted by molar-refractivity contribution is 8.13. The van der Waals surface area contributed by atoms with Gasteiger partial charge in [0.1, 0.15) is 6.61 Å². The molecule has 0 heterocycles. The Balaban J connectivity index is 3.10. The van der Waals surface area contributed by atoms with Crippen LogP contribution in [-0.2, 0) is 9.05 Å². The normalized spacial score (nSPS) is 12.6. The molecule has 1 aromatic carbocycles. The second kappa shape index (κ2) is 6.55. The Morgan fingerprint density at radius 2 is 1.78 bits per heavy atom. The van der Waals surface area contributed by atoms with Crippen LogP contribution in [0.25, 0.3) is 0 Å². The highest BCUT2D eigenvalue weighted by atomic mass is 35.7. The van der Waals surface area contributed by atoms with Crippen molar-refractivity contribution in [2.24, 2.45) is 0 Å². The molecular weight excluding hydrogens is 365 g/mol. The van der Waals surface area contributed by atoms with Crippen LogP contribution < -0.4 is 4.74 Å². The fourth-order valence-corrected chi connectivity index (χ4v) is 2.62. The zero-order chi connectivity index (χ0) is 13.9. The third-order valence-corrected chi connectivity index (χ3v) is 4.21. The van der Waals surface area contributed by atoms with Crippen LogP contribution in [0.1, 0.15) is 0 Å². The van der Waals surface area contributed by atoms with Gasteiger partial charge >= 0.3 is 0 Å². The maximum absolute atomic E-state index is 11.1. The molecule has 100 valence electrons. The van der Waals surface area contributed by atoms with Gasteiger partial charge in [0.05, 0.1) is 20.0 Å². The Kier molecular flexibility index (Phi) is 5.90. The standard InChI is InChI=1S/C9H5Cl5O3S/c10-3-5(11)4-17-9-7(12)1-6(2-8(9)13)18(14,15)16/h1-3H,4H2/b5-3+. The Labute approximate surface area is 129 Å². The minimum atomic E-state index is -3.91. The van der Waals surface area contributed by atoms with Crippen LogP contribution in [0.2, 0.25) is 10.0 Å².